The number of rotatable bonds is 8. The second-order valence-corrected chi connectivity index (χ2v) is 8.09. The van der Waals surface area contributed by atoms with Crippen LogP contribution in [0.1, 0.15) is 40.5 Å². The molecule has 0 atom stereocenters. The first kappa shape index (κ1) is 19.5. The minimum absolute atomic E-state index is 0.365. The van der Waals surface area contributed by atoms with Gasteiger partial charge in [0.25, 0.3) is 0 Å². The Labute approximate surface area is 148 Å². The van der Waals surface area contributed by atoms with E-state index in [2.05, 4.69) is 23.6 Å². The Morgan fingerprint density at radius 2 is 1.71 bits per heavy atom. The average molecular weight is 340 g/mol. The predicted octanol–water partition coefficient (Wildman–Crippen LogP) is 2.55. The fourth-order valence-corrected chi connectivity index (χ4v) is 3.58. The van der Waals surface area contributed by atoms with E-state index in [1.165, 1.54) is 32.7 Å². The van der Waals surface area contributed by atoms with Gasteiger partial charge in [-0.1, -0.05) is 13.8 Å². The van der Waals surface area contributed by atoms with E-state index in [1.54, 1.807) is 0 Å². The summed E-state index contributed by atoms with van der Waals surface area (Å²) in [5.41, 5.74) is 0.971. The van der Waals surface area contributed by atoms with Crippen molar-refractivity contribution in [3.05, 3.63) is 11.5 Å². The summed E-state index contributed by atoms with van der Waals surface area (Å²) >= 11 is 0. The lowest BCUT2D eigenvalue weighted by Gasteiger charge is -2.42. The minimum Gasteiger partial charge on any atom is -0.495 e. The summed E-state index contributed by atoms with van der Waals surface area (Å²) in [7, 11) is 1.97. The first-order chi connectivity index (χ1) is 11.4. The Bertz CT molecular complexity index is 407. The normalized spacial score (nSPS) is 25.6. The fraction of sp³-hybridized carbons (Fsp3) is 0.895. The SMILES string of the molecule is CC(C)=C(O)N(C)[C@H]1C[C@H](OCCN2CCN(CC(C)C)CC2)C1. The highest BCUT2D eigenvalue weighted by atomic mass is 16.5. The lowest BCUT2D eigenvalue weighted by molar-refractivity contribution is -0.0538. The van der Waals surface area contributed by atoms with Crippen molar-refractivity contribution in [1.82, 2.24) is 14.7 Å². The summed E-state index contributed by atoms with van der Waals surface area (Å²) in [6.45, 7) is 16.3. The molecule has 0 radical (unpaired) electrons. The van der Waals surface area contributed by atoms with E-state index in [0.717, 1.165) is 37.5 Å². The van der Waals surface area contributed by atoms with Crippen LogP contribution < -0.4 is 0 Å². The first-order valence-corrected chi connectivity index (χ1v) is 9.52. The number of piperazine rings is 1. The van der Waals surface area contributed by atoms with Crippen LogP contribution in [-0.2, 0) is 4.74 Å². The monoisotopic (exact) mass is 339 g/mol. The van der Waals surface area contributed by atoms with Crippen LogP contribution >= 0.6 is 0 Å². The zero-order valence-corrected chi connectivity index (χ0v) is 16.3. The number of aliphatic hydroxyl groups is 1. The van der Waals surface area contributed by atoms with E-state index < -0.39 is 0 Å². The van der Waals surface area contributed by atoms with Gasteiger partial charge in [0.2, 0.25) is 0 Å². The molecule has 0 aromatic rings. The Balaban J connectivity index is 1.55. The van der Waals surface area contributed by atoms with Crippen molar-refractivity contribution in [1.29, 1.82) is 0 Å². The van der Waals surface area contributed by atoms with Gasteiger partial charge in [-0.3, -0.25) is 4.90 Å². The first-order valence-electron chi connectivity index (χ1n) is 9.52. The Hall–Kier alpha value is -0.780. The van der Waals surface area contributed by atoms with Crippen molar-refractivity contribution in [2.45, 2.75) is 52.7 Å². The molecule has 2 rings (SSSR count). The topological polar surface area (TPSA) is 39.2 Å². The van der Waals surface area contributed by atoms with E-state index in [4.69, 9.17) is 4.74 Å². The molecule has 140 valence electrons. The highest BCUT2D eigenvalue weighted by Gasteiger charge is 2.34. The third-order valence-corrected chi connectivity index (χ3v) is 5.25. The summed E-state index contributed by atoms with van der Waals surface area (Å²) < 4.78 is 6.01. The molecular weight excluding hydrogens is 302 g/mol. The lowest BCUT2D eigenvalue weighted by Crippen LogP contribution is -2.49. The van der Waals surface area contributed by atoms with Crippen molar-refractivity contribution >= 4 is 0 Å². The third-order valence-electron chi connectivity index (χ3n) is 5.25. The Morgan fingerprint density at radius 1 is 1.12 bits per heavy atom. The number of allylic oxidation sites excluding steroid dienone is 1. The van der Waals surface area contributed by atoms with Gasteiger partial charge in [0, 0.05) is 52.4 Å². The minimum atomic E-state index is 0.365. The number of hydrogen-bond acceptors (Lipinski definition) is 5. The van der Waals surface area contributed by atoms with E-state index in [-0.39, 0.29) is 0 Å². The molecule has 0 bridgehead atoms. The van der Waals surface area contributed by atoms with Gasteiger partial charge in [-0.25, -0.2) is 0 Å². The van der Waals surface area contributed by atoms with Crippen LogP contribution in [0.2, 0.25) is 0 Å². The molecule has 0 aromatic carbocycles. The maximum Gasteiger partial charge on any atom is 0.185 e. The highest BCUT2D eigenvalue weighted by Crippen LogP contribution is 2.29. The summed E-state index contributed by atoms with van der Waals surface area (Å²) in [5, 5.41) is 9.99. The van der Waals surface area contributed by atoms with Crippen molar-refractivity contribution in [2.75, 3.05) is 52.9 Å². The van der Waals surface area contributed by atoms with Crippen LogP contribution in [0.15, 0.2) is 11.5 Å². The maximum atomic E-state index is 9.99. The molecule has 24 heavy (non-hydrogen) atoms. The molecule has 5 heteroatoms. The van der Waals surface area contributed by atoms with E-state index in [1.807, 2.05) is 25.8 Å². The fourth-order valence-electron chi connectivity index (χ4n) is 3.58. The van der Waals surface area contributed by atoms with Crippen LogP contribution in [-0.4, -0.2) is 84.9 Å². The van der Waals surface area contributed by atoms with Crippen molar-refractivity contribution in [2.24, 2.45) is 5.92 Å². The van der Waals surface area contributed by atoms with Crippen LogP contribution in [0.4, 0.5) is 0 Å². The largest absolute Gasteiger partial charge is 0.495 e. The average Bonchev–Trinajstić information content (AvgIpc) is 2.49. The molecule has 1 N–H and O–H groups in total. The van der Waals surface area contributed by atoms with Gasteiger partial charge in [-0.05, 0) is 38.2 Å². The highest BCUT2D eigenvalue weighted by molar-refractivity contribution is 5.03. The van der Waals surface area contributed by atoms with E-state index in [0.29, 0.717) is 18.0 Å². The van der Waals surface area contributed by atoms with Gasteiger partial charge in [0.05, 0.1) is 12.7 Å². The van der Waals surface area contributed by atoms with Crippen LogP contribution in [0.5, 0.6) is 0 Å². The molecular formula is C19H37N3O2. The van der Waals surface area contributed by atoms with E-state index >= 15 is 0 Å². The summed E-state index contributed by atoms with van der Waals surface area (Å²) in [6, 6.07) is 0.421. The van der Waals surface area contributed by atoms with Gasteiger partial charge >= 0.3 is 0 Å². The van der Waals surface area contributed by atoms with Crippen molar-refractivity contribution < 1.29 is 9.84 Å². The predicted molar refractivity (Wildman–Crippen MR) is 99.2 cm³/mol. The number of hydrogen-bond donors (Lipinski definition) is 1. The molecule has 0 amide bonds. The van der Waals surface area contributed by atoms with Gasteiger partial charge < -0.3 is 19.6 Å². The van der Waals surface area contributed by atoms with Crippen molar-refractivity contribution in [3.8, 4) is 0 Å². The van der Waals surface area contributed by atoms with Gasteiger partial charge in [-0.2, -0.15) is 0 Å². The zero-order valence-electron chi connectivity index (χ0n) is 16.3. The molecule has 1 aliphatic carbocycles. The second-order valence-electron chi connectivity index (χ2n) is 8.09. The molecule has 1 saturated carbocycles. The molecule has 0 unspecified atom stereocenters. The van der Waals surface area contributed by atoms with Crippen LogP contribution in [0, 0.1) is 5.92 Å². The lowest BCUT2D eigenvalue weighted by atomic mass is 9.88. The molecule has 1 aliphatic heterocycles. The Morgan fingerprint density at radius 3 is 2.25 bits per heavy atom. The smallest absolute Gasteiger partial charge is 0.185 e. The van der Waals surface area contributed by atoms with Gasteiger partial charge in [-0.15, -0.1) is 0 Å². The maximum absolute atomic E-state index is 9.99. The third kappa shape index (κ3) is 5.64. The Kier molecular flexibility index (Phi) is 7.38. The molecule has 0 spiro atoms. The molecule has 2 fully saturated rings. The van der Waals surface area contributed by atoms with E-state index in [9.17, 15) is 5.11 Å². The van der Waals surface area contributed by atoms with Gasteiger partial charge in [0.15, 0.2) is 5.88 Å². The van der Waals surface area contributed by atoms with Crippen LogP contribution in [0.25, 0.3) is 0 Å². The standard InChI is InChI=1S/C19H37N3O2/c1-15(2)14-22-8-6-21(7-9-22)10-11-24-18-12-17(13-18)20(5)19(23)16(3)4/h15,17-18,23H,6-14H2,1-5H3/t17-,18-. The molecule has 5 nitrogen and oxygen atoms in total. The second kappa shape index (κ2) is 9.07. The molecule has 0 aromatic heterocycles. The quantitative estimate of drug-likeness (QED) is 0.688. The number of ether oxygens (including phenoxy) is 1. The summed E-state index contributed by atoms with van der Waals surface area (Å²) in [5.74, 6) is 1.17. The molecule has 1 heterocycles. The summed E-state index contributed by atoms with van der Waals surface area (Å²) in [6.07, 6.45) is 2.41. The number of aliphatic hydroxyl groups excluding tert-OH is 1. The number of nitrogens with zero attached hydrogens (tertiary/aromatic N) is 3. The van der Waals surface area contributed by atoms with Crippen molar-refractivity contribution in [3.63, 3.8) is 0 Å². The van der Waals surface area contributed by atoms with Crippen LogP contribution in [0.3, 0.4) is 0 Å². The zero-order chi connectivity index (χ0) is 17.7. The summed E-state index contributed by atoms with van der Waals surface area (Å²) in [4.78, 5) is 7.08. The van der Waals surface area contributed by atoms with Gasteiger partial charge in [0.1, 0.15) is 0 Å². The molecule has 1 saturated heterocycles. The molecule has 2 aliphatic rings.